The number of benzene rings is 1. The van der Waals surface area contributed by atoms with Gasteiger partial charge in [0.15, 0.2) is 5.60 Å². The van der Waals surface area contributed by atoms with Crippen molar-refractivity contribution in [3.8, 4) is 0 Å². The molecule has 1 aromatic carbocycles. The second-order valence-corrected chi connectivity index (χ2v) is 5.07. The van der Waals surface area contributed by atoms with Crippen LogP contribution in [0.5, 0.6) is 0 Å². The second-order valence-electron chi connectivity index (χ2n) is 5.07. The van der Waals surface area contributed by atoms with Crippen molar-refractivity contribution in [3.63, 3.8) is 0 Å². The lowest BCUT2D eigenvalue weighted by Gasteiger charge is -2.36. The van der Waals surface area contributed by atoms with Gasteiger partial charge in [0.2, 0.25) is 5.78 Å². The summed E-state index contributed by atoms with van der Waals surface area (Å²) in [4.78, 5) is 25.9. The summed E-state index contributed by atoms with van der Waals surface area (Å²) >= 11 is 0. The topological polar surface area (TPSA) is 46.6 Å². The Balaban J connectivity index is 2.13. The zero-order chi connectivity index (χ0) is 13.6. The van der Waals surface area contributed by atoms with Gasteiger partial charge in [0, 0.05) is 44.1 Å². The summed E-state index contributed by atoms with van der Waals surface area (Å²) < 4.78 is 18.7. The molecule has 2 bridgehead atoms. The van der Waals surface area contributed by atoms with Crippen molar-refractivity contribution in [1.29, 1.82) is 0 Å². The van der Waals surface area contributed by atoms with E-state index < -0.39 is 17.4 Å². The van der Waals surface area contributed by atoms with Crippen LogP contribution in [-0.4, -0.2) is 30.4 Å². The van der Waals surface area contributed by atoms with Crippen molar-refractivity contribution in [2.45, 2.75) is 25.4 Å². The molecule has 4 nitrogen and oxygen atoms in total. The predicted molar refractivity (Wildman–Crippen MR) is 66.7 cm³/mol. The van der Waals surface area contributed by atoms with E-state index in [-0.39, 0.29) is 5.78 Å². The van der Waals surface area contributed by atoms with Crippen molar-refractivity contribution in [3.05, 3.63) is 29.6 Å². The number of anilines is 1. The van der Waals surface area contributed by atoms with Crippen LogP contribution in [0.15, 0.2) is 18.2 Å². The Morgan fingerprint density at radius 3 is 2.68 bits per heavy atom. The molecule has 4 rings (SSSR count). The van der Waals surface area contributed by atoms with Gasteiger partial charge in [0.05, 0.1) is 0 Å². The molecule has 1 saturated heterocycles. The van der Waals surface area contributed by atoms with Crippen LogP contribution in [-0.2, 0) is 9.53 Å². The number of esters is 1. The number of hydrogen-bond donors (Lipinski definition) is 0. The highest BCUT2D eigenvalue weighted by molar-refractivity contribution is 6.08. The van der Waals surface area contributed by atoms with E-state index in [2.05, 4.69) is 0 Å². The Bertz CT molecular complexity index is 562. The highest BCUT2D eigenvalue weighted by atomic mass is 19.1. The average Bonchev–Trinajstić information content (AvgIpc) is 2.54. The van der Waals surface area contributed by atoms with Crippen molar-refractivity contribution >= 4 is 17.4 Å². The van der Waals surface area contributed by atoms with E-state index in [4.69, 9.17) is 4.74 Å². The fourth-order valence-electron chi connectivity index (χ4n) is 2.97. The van der Waals surface area contributed by atoms with Crippen LogP contribution in [0.2, 0.25) is 0 Å². The zero-order valence-corrected chi connectivity index (χ0v) is 10.6. The molecule has 0 aliphatic carbocycles. The zero-order valence-electron chi connectivity index (χ0n) is 10.6. The summed E-state index contributed by atoms with van der Waals surface area (Å²) in [5.74, 6) is -1.20. The van der Waals surface area contributed by atoms with Gasteiger partial charge in [-0.15, -0.1) is 0 Å². The lowest BCUT2D eigenvalue weighted by molar-refractivity contribution is -0.153. The smallest absolute Gasteiger partial charge is 0.303 e. The molecule has 5 heteroatoms. The Morgan fingerprint density at radius 2 is 2.05 bits per heavy atom. The molecule has 19 heavy (non-hydrogen) atoms. The van der Waals surface area contributed by atoms with Crippen LogP contribution >= 0.6 is 0 Å². The molecule has 0 saturated carbocycles. The SMILES string of the molecule is CC(=O)OC12CCN(CC1)c1ccc(F)cc1C2=O. The predicted octanol–water partition coefficient (Wildman–Crippen LogP) is 1.92. The number of ketones is 1. The fourth-order valence-corrected chi connectivity index (χ4v) is 2.97. The third kappa shape index (κ3) is 1.80. The number of carbonyl (C=O) groups excluding carboxylic acids is 2. The molecule has 0 unspecified atom stereocenters. The van der Waals surface area contributed by atoms with Crippen molar-refractivity contribution in [2.24, 2.45) is 0 Å². The minimum atomic E-state index is -1.11. The molecular weight excluding hydrogens is 249 g/mol. The first-order valence-corrected chi connectivity index (χ1v) is 6.31. The molecule has 0 spiro atoms. The maximum absolute atomic E-state index is 13.4. The molecular formula is C14H14FNO3. The van der Waals surface area contributed by atoms with Crippen LogP contribution in [0.25, 0.3) is 0 Å². The third-order valence-corrected chi connectivity index (χ3v) is 3.87. The Labute approximate surface area is 110 Å². The number of fused-ring (bicyclic) bond motifs is 2. The maximum Gasteiger partial charge on any atom is 0.303 e. The standard InChI is InChI=1S/C14H14FNO3/c1-9(17)19-14-4-6-16(7-5-14)12-3-2-10(15)8-11(12)13(14)18/h2-3,8H,4-7H2,1H3. The van der Waals surface area contributed by atoms with E-state index in [1.54, 1.807) is 6.07 Å². The number of ether oxygens (including phenoxy) is 1. The average molecular weight is 263 g/mol. The quantitative estimate of drug-likeness (QED) is 0.726. The van der Waals surface area contributed by atoms with Crippen LogP contribution in [0.3, 0.4) is 0 Å². The Kier molecular flexibility index (Phi) is 2.59. The van der Waals surface area contributed by atoms with Crippen molar-refractivity contribution < 1.29 is 18.7 Å². The molecule has 1 aromatic rings. The second kappa shape index (κ2) is 4.05. The number of hydrogen-bond acceptors (Lipinski definition) is 4. The Hall–Kier alpha value is -1.91. The van der Waals surface area contributed by atoms with E-state index in [1.165, 1.54) is 19.1 Å². The van der Waals surface area contributed by atoms with Gasteiger partial charge in [-0.1, -0.05) is 0 Å². The summed E-state index contributed by atoms with van der Waals surface area (Å²) in [6, 6.07) is 4.21. The summed E-state index contributed by atoms with van der Waals surface area (Å²) in [6.45, 7) is 2.57. The van der Waals surface area contributed by atoms with Gasteiger partial charge in [0.1, 0.15) is 5.82 Å². The first kappa shape index (κ1) is 12.1. The summed E-state index contributed by atoms with van der Waals surface area (Å²) in [5, 5.41) is 0. The minimum absolute atomic E-state index is 0.280. The summed E-state index contributed by atoms with van der Waals surface area (Å²) in [6.07, 6.45) is 0.920. The number of carbonyl (C=O) groups is 2. The third-order valence-electron chi connectivity index (χ3n) is 3.87. The number of rotatable bonds is 1. The van der Waals surface area contributed by atoms with Gasteiger partial charge in [-0.3, -0.25) is 9.59 Å². The molecule has 3 aliphatic heterocycles. The normalized spacial score (nSPS) is 19.9. The molecule has 100 valence electrons. The van der Waals surface area contributed by atoms with Crippen LogP contribution in [0.1, 0.15) is 30.1 Å². The van der Waals surface area contributed by atoms with E-state index >= 15 is 0 Å². The van der Waals surface area contributed by atoms with Gasteiger partial charge in [-0.2, -0.15) is 0 Å². The van der Waals surface area contributed by atoms with Crippen molar-refractivity contribution in [2.75, 3.05) is 18.0 Å². The molecule has 0 atom stereocenters. The Morgan fingerprint density at radius 1 is 1.37 bits per heavy atom. The highest BCUT2D eigenvalue weighted by Gasteiger charge is 2.48. The fraction of sp³-hybridized carbons (Fsp3) is 0.429. The van der Waals surface area contributed by atoms with Crippen LogP contribution < -0.4 is 4.90 Å². The van der Waals surface area contributed by atoms with Crippen LogP contribution in [0.4, 0.5) is 10.1 Å². The van der Waals surface area contributed by atoms with E-state index in [0.717, 1.165) is 5.69 Å². The van der Waals surface area contributed by atoms with E-state index in [0.29, 0.717) is 31.5 Å². The largest absolute Gasteiger partial charge is 0.451 e. The van der Waals surface area contributed by atoms with E-state index in [9.17, 15) is 14.0 Å². The van der Waals surface area contributed by atoms with Gasteiger partial charge in [-0.05, 0) is 18.2 Å². The summed E-state index contributed by atoms with van der Waals surface area (Å²) in [7, 11) is 0. The molecule has 0 amide bonds. The molecule has 0 aromatic heterocycles. The first-order valence-electron chi connectivity index (χ1n) is 6.31. The monoisotopic (exact) mass is 263 g/mol. The van der Waals surface area contributed by atoms with Gasteiger partial charge >= 0.3 is 5.97 Å². The molecule has 0 N–H and O–H groups in total. The molecule has 3 aliphatic rings. The molecule has 1 fully saturated rings. The van der Waals surface area contributed by atoms with E-state index in [1.807, 2.05) is 4.90 Å². The van der Waals surface area contributed by atoms with Gasteiger partial charge in [0.25, 0.3) is 0 Å². The van der Waals surface area contributed by atoms with Crippen LogP contribution in [0, 0.1) is 5.82 Å². The lowest BCUT2D eigenvalue weighted by atomic mass is 9.86. The lowest BCUT2D eigenvalue weighted by Crippen LogP contribution is -2.49. The maximum atomic E-state index is 13.4. The van der Waals surface area contributed by atoms with Gasteiger partial charge in [-0.25, -0.2) is 4.39 Å². The summed E-state index contributed by atoms with van der Waals surface area (Å²) in [5.41, 5.74) is -0.0596. The first-order chi connectivity index (χ1) is 9.02. The number of nitrogens with zero attached hydrogens (tertiary/aromatic N) is 1. The van der Waals surface area contributed by atoms with Gasteiger partial charge < -0.3 is 9.64 Å². The molecule has 0 radical (unpaired) electrons. The number of halogens is 1. The minimum Gasteiger partial charge on any atom is -0.451 e. The van der Waals surface area contributed by atoms with Crippen molar-refractivity contribution in [1.82, 2.24) is 0 Å². The highest BCUT2D eigenvalue weighted by Crippen LogP contribution is 2.39. The number of piperidine rings is 1. The number of Topliss-reactive ketones (excluding diaryl/α,β-unsaturated/α-hetero) is 1. The molecule has 3 heterocycles.